The van der Waals surface area contributed by atoms with Gasteiger partial charge in [-0.15, -0.1) is 0 Å². The lowest BCUT2D eigenvalue weighted by atomic mass is 9.92. The maximum absolute atomic E-state index is 12.4. The fourth-order valence-electron chi connectivity index (χ4n) is 5.14. The van der Waals surface area contributed by atoms with Crippen molar-refractivity contribution in [1.29, 1.82) is 5.26 Å². The van der Waals surface area contributed by atoms with Crippen LogP contribution in [0.5, 0.6) is 0 Å². The van der Waals surface area contributed by atoms with Crippen molar-refractivity contribution in [3.8, 4) is 6.07 Å². The number of nitriles is 1. The van der Waals surface area contributed by atoms with E-state index >= 15 is 0 Å². The first kappa shape index (κ1) is 42.6. The SMILES string of the molecule is CC#N.CC(C)C1CCCCN1.CC(C)C1CCCCN1C(=O)C(=O)Nc1cncc(C(N)=O)c1.NC(=O)c1cncc(NC(=O)C(=O)O)c1. The van der Waals surface area contributed by atoms with E-state index in [9.17, 15) is 28.8 Å². The molecule has 16 nitrogen and oxygen atoms in total. The highest BCUT2D eigenvalue weighted by atomic mass is 16.4. The first-order valence-electron chi connectivity index (χ1n) is 16.3. The third kappa shape index (κ3) is 15.2. The van der Waals surface area contributed by atoms with Crippen molar-refractivity contribution < 1.29 is 33.9 Å². The van der Waals surface area contributed by atoms with Gasteiger partial charge < -0.3 is 37.4 Å². The molecule has 2 saturated heterocycles. The van der Waals surface area contributed by atoms with Crippen LogP contribution in [0.3, 0.4) is 0 Å². The molecule has 272 valence electrons. The number of carboxylic acid groups (broad SMARTS) is 1. The summed E-state index contributed by atoms with van der Waals surface area (Å²) in [7, 11) is 0. The van der Waals surface area contributed by atoms with Crippen LogP contribution in [-0.4, -0.2) is 80.7 Å². The van der Waals surface area contributed by atoms with E-state index in [1.165, 1.54) is 69.7 Å². The minimum absolute atomic E-state index is 0.0806. The van der Waals surface area contributed by atoms with Gasteiger partial charge in [0.05, 0.1) is 41.0 Å². The highest BCUT2D eigenvalue weighted by Crippen LogP contribution is 2.23. The highest BCUT2D eigenvalue weighted by Gasteiger charge is 2.32. The number of aliphatic carboxylic acids is 1. The van der Waals surface area contributed by atoms with Crippen molar-refractivity contribution in [2.75, 3.05) is 23.7 Å². The summed E-state index contributed by atoms with van der Waals surface area (Å²) in [6, 6.07) is 5.27. The molecular formula is C34H49N9O7. The van der Waals surface area contributed by atoms with Gasteiger partial charge in [-0.25, -0.2) is 4.79 Å². The third-order valence-corrected chi connectivity index (χ3v) is 7.68. The average Bonchev–Trinajstić information content (AvgIpc) is 3.09. The zero-order valence-electron chi connectivity index (χ0n) is 29.3. The van der Waals surface area contributed by atoms with Crippen molar-refractivity contribution in [1.82, 2.24) is 20.2 Å². The van der Waals surface area contributed by atoms with Gasteiger partial charge in [0, 0.05) is 37.9 Å². The summed E-state index contributed by atoms with van der Waals surface area (Å²) < 4.78 is 0. The Bertz CT molecular complexity index is 1500. The molecule has 4 rings (SSSR count). The van der Waals surface area contributed by atoms with Crippen molar-refractivity contribution >= 4 is 46.9 Å². The molecule has 0 saturated carbocycles. The average molecular weight is 696 g/mol. The number of primary amides is 2. The molecule has 2 aromatic rings. The van der Waals surface area contributed by atoms with Crippen LogP contribution in [-0.2, 0) is 19.2 Å². The van der Waals surface area contributed by atoms with Crippen molar-refractivity contribution in [2.24, 2.45) is 23.3 Å². The zero-order chi connectivity index (χ0) is 37.8. The van der Waals surface area contributed by atoms with Gasteiger partial charge in [0.25, 0.3) is 0 Å². The second kappa shape index (κ2) is 22.3. The summed E-state index contributed by atoms with van der Waals surface area (Å²) in [5, 5.41) is 23.7. The van der Waals surface area contributed by atoms with Gasteiger partial charge in [-0.3, -0.25) is 33.9 Å². The van der Waals surface area contributed by atoms with Gasteiger partial charge >= 0.3 is 23.7 Å². The van der Waals surface area contributed by atoms with Gasteiger partial charge in [0.15, 0.2) is 0 Å². The molecule has 2 fully saturated rings. The fourth-order valence-corrected chi connectivity index (χ4v) is 5.14. The van der Waals surface area contributed by atoms with E-state index in [0.29, 0.717) is 12.5 Å². The van der Waals surface area contributed by atoms with Crippen LogP contribution in [0.1, 0.15) is 93.9 Å². The number of anilines is 2. The number of hydrogen-bond acceptors (Lipinski definition) is 10. The standard InChI is InChI=1S/C16H22N4O3.C8H7N3O4.C8H17N.C2H3N/c1-10(2)13-5-3-4-6-20(13)16(23)15(22)19-12-7-11(14(17)21)8-18-9-12;9-6(12)4-1-5(3-10-2-4)11-7(13)8(14)15;1-7(2)8-5-3-4-6-9-8;1-2-3/h7-10,13H,3-6H2,1-2H3,(H2,17,21)(H,19,22);1-3H,(H2,9,12)(H,11,13)(H,14,15);7-9H,3-6H2,1-2H3;1H3. The predicted molar refractivity (Wildman–Crippen MR) is 186 cm³/mol. The second-order valence-corrected chi connectivity index (χ2v) is 12.2. The number of carboxylic acids is 1. The summed E-state index contributed by atoms with van der Waals surface area (Å²) in [6.45, 7) is 12.0. The van der Waals surface area contributed by atoms with Crippen LogP contribution in [0, 0.1) is 23.2 Å². The number of carbonyl (C=O) groups is 6. The molecule has 2 aliphatic rings. The lowest BCUT2D eigenvalue weighted by molar-refractivity contribution is -0.147. The van der Waals surface area contributed by atoms with E-state index in [4.69, 9.17) is 21.8 Å². The molecule has 2 aliphatic heterocycles. The van der Waals surface area contributed by atoms with Crippen LogP contribution < -0.4 is 27.4 Å². The minimum Gasteiger partial charge on any atom is -0.474 e. The van der Waals surface area contributed by atoms with E-state index < -0.39 is 35.5 Å². The first-order chi connectivity index (χ1) is 23.6. The molecule has 2 atom stereocenters. The van der Waals surface area contributed by atoms with Gasteiger partial charge in [-0.2, -0.15) is 5.26 Å². The molecule has 0 aliphatic carbocycles. The number of nitrogens with two attached hydrogens (primary N) is 2. The molecule has 8 N–H and O–H groups in total. The van der Waals surface area contributed by atoms with Crippen LogP contribution in [0.2, 0.25) is 0 Å². The number of carbonyl (C=O) groups excluding carboxylic acids is 5. The Hall–Kier alpha value is -5.43. The minimum atomic E-state index is -1.63. The normalized spacial score (nSPS) is 16.4. The van der Waals surface area contributed by atoms with Crippen LogP contribution in [0.25, 0.3) is 0 Å². The summed E-state index contributed by atoms with van der Waals surface area (Å²) in [4.78, 5) is 76.5. The quantitative estimate of drug-likeness (QED) is 0.239. The van der Waals surface area contributed by atoms with Crippen LogP contribution in [0.15, 0.2) is 36.9 Å². The highest BCUT2D eigenvalue weighted by molar-refractivity contribution is 6.39. The number of hydrogen-bond donors (Lipinski definition) is 6. The van der Waals surface area contributed by atoms with Crippen molar-refractivity contribution in [3.05, 3.63) is 48.0 Å². The van der Waals surface area contributed by atoms with Crippen molar-refractivity contribution in [2.45, 2.75) is 85.2 Å². The van der Waals surface area contributed by atoms with E-state index in [1.807, 2.05) is 5.32 Å². The topological polar surface area (TPSA) is 264 Å². The summed E-state index contributed by atoms with van der Waals surface area (Å²) in [5.41, 5.74) is 10.8. The largest absolute Gasteiger partial charge is 0.474 e. The fraction of sp³-hybridized carbons (Fsp3) is 0.500. The van der Waals surface area contributed by atoms with Crippen LogP contribution >= 0.6 is 0 Å². The predicted octanol–water partition coefficient (Wildman–Crippen LogP) is 2.67. The molecule has 0 spiro atoms. The Morgan fingerprint density at radius 2 is 1.34 bits per heavy atom. The smallest absolute Gasteiger partial charge is 0.394 e. The molecule has 2 aromatic heterocycles. The van der Waals surface area contributed by atoms with E-state index in [1.54, 1.807) is 11.0 Å². The molecule has 4 heterocycles. The maximum atomic E-state index is 12.4. The molecule has 16 heteroatoms. The number of nitrogens with zero attached hydrogens (tertiary/aromatic N) is 4. The lowest BCUT2D eigenvalue weighted by Gasteiger charge is -2.37. The van der Waals surface area contributed by atoms with Gasteiger partial charge in [-0.1, -0.05) is 34.1 Å². The number of aromatic nitrogens is 2. The zero-order valence-corrected chi connectivity index (χ0v) is 29.3. The Morgan fingerprint density at radius 1 is 0.840 bits per heavy atom. The van der Waals surface area contributed by atoms with E-state index in [0.717, 1.165) is 31.2 Å². The molecule has 2 unspecified atom stereocenters. The Labute approximate surface area is 292 Å². The number of amides is 5. The number of piperidine rings is 2. The Balaban J connectivity index is 0.000000395. The summed E-state index contributed by atoms with van der Waals surface area (Å²) in [5.74, 6) is -4.34. The molecule has 0 aromatic carbocycles. The second-order valence-electron chi connectivity index (χ2n) is 12.2. The van der Waals surface area contributed by atoms with Gasteiger partial charge in [0.2, 0.25) is 11.8 Å². The van der Waals surface area contributed by atoms with Crippen molar-refractivity contribution in [3.63, 3.8) is 0 Å². The van der Waals surface area contributed by atoms with Gasteiger partial charge in [-0.05, 0) is 62.6 Å². The van der Waals surface area contributed by atoms with E-state index in [-0.39, 0.29) is 28.5 Å². The monoisotopic (exact) mass is 695 g/mol. The molecule has 0 bridgehead atoms. The number of pyridine rings is 2. The Morgan fingerprint density at radius 3 is 1.74 bits per heavy atom. The Kier molecular flexibility index (Phi) is 19.0. The molecule has 0 radical (unpaired) electrons. The first-order valence-corrected chi connectivity index (χ1v) is 16.3. The lowest BCUT2D eigenvalue weighted by Crippen LogP contribution is -2.50. The molecule has 50 heavy (non-hydrogen) atoms. The van der Waals surface area contributed by atoms with Gasteiger partial charge in [0.1, 0.15) is 0 Å². The molecule has 5 amide bonds. The van der Waals surface area contributed by atoms with Crippen LogP contribution in [0.4, 0.5) is 11.4 Å². The molecular weight excluding hydrogens is 646 g/mol. The summed E-state index contributed by atoms with van der Waals surface area (Å²) in [6.07, 6.45) is 12.2. The number of nitrogens with one attached hydrogen (secondary N) is 3. The maximum Gasteiger partial charge on any atom is 0.394 e. The number of rotatable bonds is 6. The number of likely N-dealkylation sites (tertiary alicyclic amines) is 1. The summed E-state index contributed by atoms with van der Waals surface area (Å²) >= 11 is 0. The van der Waals surface area contributed by atoms with E-state index in [2.05, 4.69) is 48.3 Å². The third-order valence-electron chi connectivity index (χ3n) is 7.68.